The minimum atomic E-state index is -5.08. The van der Waals surface area contributed by atoms with E-state index < -0.39 is 12.1 Å². The van der Waals surface area contributed by atoms with E-state index in [0.29, 0.717) is 11.8 Å². The standard InChI is InChI=1S/C16H23NO.C2HF3O2/c1-11(2)7-12-5-4-6-13-14(12)9-18-16(3)10-17-8-15(13)16;3-2(4,5)1(6)7/h4-6,11,15,17H,7-10H2,1-3H3;(H,6,7)/t15-,16-;/m1./s1. The third-order valence-corrected chi connectivity index (χ3v) is 4.66. The van der Waals surface area contributed by atoms with Gasteiger partial charge in [0.15, 0.2) is 0 Å². The van der Waals surface area contributed by atoms with Crippen molar-refractivity contribution in [1.82, 2.24) is 5.32 Å². The van der Waals surface area contributed by atoms with Gasteiger partial charge >= 0.3 is 12.1 Å². The Labute approximate surface area is 145 Å². The number of carboxylic acid groups (broad SMARTS) is 1. The third-order valence-electron chi connectivity index (χ3n) is 4.66. The minimum Gasteiger partial charge on any atom is -0.475 e. The van der Waals surface area contributed by atoms with Gasteiger partial charge in [-0.05, 0) is 36.0 Å². The van der Waals surface area contributed by atoms with E-state index in [-0.39, 0.29) is 5.60 Å². The van der Waals surface area contributed by atoms with Crippen molar-refractivity contribution in [3.05, 3.63) is 34.9 Å². The van der Waals surface area contributed by atoms with Gasteiger partial charge in [-0.15, -0.1) is 0 Å². The molecule has 4 nitrogen and oxygen atoms in total. The zero-order valence-corrected chi connectivity index (χ0v) is 14.6. The van der Waals surface area contributed by atoms with Crippen LogP contribution >= 0.6 is 0 Å². The second-order valence-corrected chi connectivity index (χ2v) is 7.17. The molecule has 0 amide bonds. The van der Waals surface area contributed by atoms with E-state index in [0.717, 1.165) is 26.1 Å². The van der Waals surface area contributed by atoms with E-state index in [1.807, 2.05) is 0 Å². The van der Waals surface area contributed by atoms with Crippen LogP contribution in [0.1, 0.15) is 43.4 Å². The fourth-order valence-corrected chi connectivity index (χ4v) is 3.42. The number of benzene rings is 1. The molecule has 2 heterocycles. The Morgan fingerprint density at radius 2 is 2.08 bits per heavy atom. The van der Waals surface area contributed by atoms with Crippen LogP contribution in [0, 0.1) is 5.92 Å². The van der Waals surface area contributed by atoms with Gasteiger partial charge in [0, 0.05) is 19.0 Å². The highest BCUT2D eigenvalue weighted by Gasteiger charge is 2.44. The lowest BCUT2D eigenvalue weighted by molar-refractivity contribution is -0.192. The summed E-state index contributed by atoms with van der Waals surface area (Å²) in [6, 6.07) is 6.80. The zero-order valence-electron chi connectivity index (χ0n) is 14.6. The number of hydrogen-bond acceptors (Lipinski definition) is 3. The molecule has 1 aromatic carbocycles. The van der Waals surface area contributed by atoms with Gasteiger partial charge in [-0.25, -0.2) is 4.79 Å². The van der Waals surface area contributed by atoms with Crippen LogP contribution in [0.15, 0.2) is 18.2 Å². The molecule has 2 aliphatic heterocycles. The summed E-state index contributed by atoms with van der Waals surface area (Å²) in [5.41, 5.74) is 4.46. The summed E-state index contributed by atoms with van der Waals surface area (Å²) in [5, 5.41) is 10.6. The highest BCUT2D eigenvalue weighted by molar-refractivity contribution is 5.73. The molecule has 2 N–H and O–H groups in total. The summed E-state index contributed by atoms with van der Waals surface area (Å²) >= 11 is 0. The number of rotatable bonds is 2. The monoisotopic (exact) mass is 359 g/mol. The quantitative estimate of drug-likeness (QED) is 0.849. The van der Waals surface area contributed by atoms with Crippen LogP contribution in [0.5, 0.6) is 0 Å². The van der Waals surface area contributed by atoms with Crippen LogP contribution in [-0.4, -0.2) is 35.9 Å². The molecule has 1 saturated heterocycles. The maximum Gasteiger partial charge on any atom is 0.490 e. The molecule has 7 heteroatoms. The number of carboxylic acids is 1. The van der Waals surface area contributed by atoms with Gasteiger partial charge in [0.05, 0.1) is 12.2 Å². The molecule has 0 aromatic heterocycles. The predicted octanol–water partition coefficient (Wildman–Crippen LogP) is 3.49. The Kier molecular flexibility index (Phi) is 5.79. The third kappa shape index (κ3) is 4.52. The van der Waals surface area contributed by atoms with Crippen LogP contribution in [0.25, 0.3) is 0 Å². The van der Waals surface area contributed by atoms with Crippen molar-refractivity contribution in [3.63, 3.8) is 0 Å². The number of aliphatic carboxylic acids is 1. The highest BCUT2D eigenvalue weighted by atomic mass is 19.4. The fraction of sp³-hybridized carbons (Fsp3) is 0.611. The topological polar surface area (TPSA) is 58.6 Å². The number of halogens is 3. The van der Waals surface area contributed by atoms with E-state index >= 15 is 0 Å². The Bertz CT molecular complexity index is 630. The van der Waals surface area contributed by atoms with Gasteiger partial charge in [0.2, 0.25) is 0 Å². The van der Waals surface area contributed by atoms with E-state index in [1.54, 1.807) is 0 Å². The van der Waals surface area contributed by atoms with Gasteiger partial charge in [-0.1, -0.05) is 32.0 Å². The van der Waals surface area contributed by atoms with Crippen molar-refractivity contribution >= 4 is 5.97 Å². The summed E-state index contributed by atoms with van der Waals surface area (Å²) < 4.78 is 37.9. The molecule has 0 spiro atoms. The van der Waals surface area contributed by atoms with Crippen molar-refractivity contribution in [2.45, 2.75) is 51.5 Å². The zero-order chi connectivity index (χ0) is 18.8. The van der Waals surface area contributed by atoms with Crippen LogP contribution in [-0.2, 0) is 22.6 Å². The Morgan fingerprint density at radius 3 is 2.64 bits per heavy atom. The Hall–Kier alpha value is -1.60. The first kappa shape index (κ1) is 19.7. The molecule has 0 bridgehead atoms. The number of carbonyl (C=O) groups is 1. The normalized spacial score (nSPS) is 25.0. The first-order valence-corrected chi connectivity index (χ1v) is 8.30. The van der Waals surface area contributed by atoms with E-state index in [9.17, 15) is 13.2 Å². The van der Waals surface area contributed by atoms with Gasteiger partial charge in [-0.2, -0.15) is 13.2 Å². The highest BCUT2D eigenvalue weighted by Crippen LogP contribution is 2.42. The first-order valence-electron chi connectivity index (χ1n) is 8.30. The van der Waals surface area contributed by atoms with E-state index in [4.69, 9.17) is 14.6 Å². The molecule has 0 saturated carbocycles. The molecule has 1 aromatic rings. The molecule has 3 rings (SSSR count). The SMILES string of the molecule is CC(C)Cc1cccc2c1CO[C@]1(C)CNC[C@H]21.O=C(O)C(F)(F)F. The Morgan fingerprint density at radius 1 is 1.44 bits per heavy atom. The van der Waals surface area contributed by atoms with Crippen molar-refractivity contribution in [2.24, 2.45) is 5.92 Å². The second-order valence-electron chi connectivity index (χ2n) is 7.17. The summed E-state index contributed by atoms with van der Waals surface area (Å²) in [6.45, 7) is 9.62. The molecular weight excluding hydrogens is 335 g/mol. The molecule has 25 heavy (non-hydrogen) atoms. The second kappa shape index (κ2) is 7.33. The minimum absolute atomic E-state index is 0.00343. The summed E-state index contributed by atoms with van der Waals surface area (Å²) in [5.74, 6) is -1.53. The molecule has 0 aliphatic carbocycles. The lowest BCUT2D eigenvalue weighted by atomic mass is 9.79. The maximum atomic E-state index is 10.6. The maximum absolute atomic E-state index is 10.6. The van der Waals surface area contributed by atoms with Gasteiger partial charge < -0.3 is 15.2 Å². The fourth-order valence-electron chi connectivity index (χ4n) is 3.42. The number of fused-ring (bicyclic) bond motifs is 3. The Balaban J connectivity index is 0.000000277. The van der Waals surface area contributed by atoms with Crippen molar-refractivity contribution in [2.75, 3.05) is 13.1 Å². The largest absolute Gasteiger partial charge is 0.490 e. The molecule has 1 fully saturated rings. The van der Waals surface area contributed by atoms with Crippen molar-refractivity contribution in [3.8, 4) is 0 Å². The number of alkyl halides is 3. The van der Waals surface area contributed by atoms with Gasteiger partial charge in [0.1, 0.15) is 0 Å². The molecular formula is C18H24F3NO3. The average molecular weight is 359 g/mol. The summed E-state index contributed by atoms with van der Waals surface area (Å²) in [6.07, 6.45) is -3.93. The molecule has 2 aliphatic rings. The predicted molar refractivity (Wildman–Crippen MR) is 87.5 cm³/mol. The van der Waals surface area contributed by atoms with Crippen LogP contribution < -0.4 is 5.32 Å². The smallest absolute Gasteiger partial charge is 0.475 e. The molecule has 140 valence electrons. The van der Waals surface area contributed by atoms with Crippen molar-refractivity contribution in [1.29, 1.82) is 0 Å². The molecule has 0 unspecified atom stereocenters. The van der Waals surface area contributed by atoms with Crippen LogP contribution in [0.3, 0.4) is 0 Å². The lowest BCUT2D eigenvalue weighted by Gasteiger charge is -2.38. The van der Waals surface area contributed by atoms with Gasteiger partial charge in [-0.3, -0.25) is 0 Å². The van der Waals surface area contributed by atoms with Crippen LogP contribution in [0.2, 0.25) is 0 Å². The summed E-state index contributed by atoms with van der Waals surface area (Å²) in [4.78, 5) is 8.90. The van der Waals surface area contributed by atoms with Crippen LogP contribution in [0.4, 0.5) is 13.2 Å². The van der Waals surface area contributed by atoms with Gasteiger partial charge in [0.25, 0.3) is 0 Å². The van der Waals surface area contributed by atoms with Crippen molar-refractivity contribution < 1.29 is 27.8 Å². The van der Waals surface area contributed by atoms with E-state index in [1.165, 1.54) is 16.7 Å². The van der Waals surface area contributed by atoms with E-state index in [2.05, 4.69) is 44.3 Å². The summed E-state index contributed by atoms with van der Waals surface area (Å²) in [7, 11) is 0. The average Bonchev–Trinajstić information content (AvgIpc) is 2.88. The lowest BCUT2D eigenvalue weighted by Crippen LogP contribution is -2.40. The first-order chi connectivity index (χ1) is 11.5. The number of hydrogen-bond donors (Lipinski definition) is 2. The molecule has 0 radical (unpaired) electrons. The number of nitrogens with one attached hydrogen (secondary N) is 1. The number of ether oxygens (including phenoxy) is 1. The molecule has 2 atom stereocenters.